The Morgan fingerprint density at radius 3 is 2.54 bits per heavy atom. The highest BCUT2D eigenvalue weighted by Crippen LogP contribution is 2.30. The molecule has 6 heteroatoms. The topological polar surface area (TPSA) is 64.4 Å². The molecule has 0 saturated heterocycles. The number of ether oxygens (including phenoxy) is 1. The van der Waals surface area contributed by atoms with Crippen LogP contribution in [0.3, 0.4) is 0 Å². The summed E-state index contributed by atoms with van der Waals surface area (Å²) in [6, 6.07) is 14.5. The van der Waals surface area contributed by atoms with Crippen molar-refractivity contribution in [2.45, 2.75) is 6.42 Å². The Balaban J connectivity index is 1.58. The van der Waals surface area contributed by atoms with Gasteiger partial charge in [0.25, 0.3) is 5.91 Å². The number of rotatable bonds is 3. The number of fused-ring (bicyclic) bond motifs is 1. The molecular weight excluding hydrogens is 330 g/mol. The third kappa shape index (κ3) is 2.75. The fourth-order valence-corrected chi connectivity index (χ4v) is 3.19. The third-order valence-electron chi connectivity index (χ3n) is 4.52. The Bertz CT molecular complexity index is 962. The average molecular weight is 347 g/mol. The highest BCUT2D eigenvalue weighted by molar-refractivity contribution is 6.07. The van der Waals surface area contributed by atoms with Crippen molar-refractivity contribution in [1.29, 1.82) is 0 Å². The van der Waals surface area contributed by atoms with Gasteiger partial charge in [-0.15, -0.1) is 0 Å². The van der Waals surface area contributed by atoms with E-state index in [1.54, 1.807) is 40.0 Å². The maximum Gasteiger partial charge on any atom is 0.337 e. The van der Waals surface area contributed by atoms with Crippen LogP contribution < -0.4 is 4.90 Å². The van der Waals surface area contributed by atoms with Crippen LogP contribution in [0.15, 0.2) is 60.9 Å². The molecule has 6 nitrogen and oxygen atoms in total. The number of amides is 1. The average Bonchev–Trinajstić information content (AvgIpc) is 3.36. The molecule has 26 heavy (non-hydrogen) atoms. The van der Waals surface area contributed by atoms with Crippen LogP contribution in [0.2, 0.25) is 0 Å². The fourth-order valence-electron chi connectivity index (χ4n) is 3.19. The number of hydrogen-bond donors (Lipinski definition) is 0. The lowest BCUT2D eigenvalue weighted by atomic mass is 10.1. The Morgan fingerprint density at radius 1 is 1.08 bits per heavy atom. The molecule has 3 aromatic rings. The van der Waals surface area contributed by atoms with Crippen LogP contribution in [0.25, 0.3) is 5.69 Å². The van der Waals surface area contributed by atoms with Gasteiger partial charge in [-0.3, -0.25) is 4.79 Å². The summed E-state index contributed by atoms with van der Waals surface area (Å²) in [5.41, 5.74) is 3.85. The number of benzene rings is 2. The number of methoxy groups -OCH3 is 1. The summed E-state index contributed by atoms with van der Waals surface area (Å²) in [5, 5.41) is 4.18. The van der Waals surface area contributed by atoms with E-state index in [0.717, 1.165) is 23.4 Å². The van der Waals surface area contributed by atoms with Crippen LogP contribution in [-0.4, -0.2) is 35.3 Å². The number of nitrogens with zero attached hydrogens (tertiary/aromatic N) is 3. The van der Waals surface area contributed by atoms with E-state index in [-0.39, 0.29) is 11.9 Å². The number of carbonyl (C=O) groups is 2. The van der Waals surface area contributed by atoms with Gasteiger partial charge in [-0.25, -0.2) is 9.48 Å². The van der Waals surface area contributed by atoms with Crippen molar-refractivity contribution in [2.24, 2.45) is 0 Å². The standard InChI is InChI=1S/C20H17N3O3/c1-26-20(25)16-5-8-18-15(13-16)9-12-22(18)19(24)14-3-6-17(7-4-14)23-11-2-10-21-23/h2-8,10-11,13H,9,12H2,1H3. The summed E-state index contributed by atoms with van der Waals surface area (Å²) in [4.78, 5) is 26.3. The molecule has 1 amide bonds. The van der Waals surface area contributed by atoms with E-state index in [1.165, 1.54) is 7.11 Å². The molecule has 0 atom stereocenters. The lowest BCUT2D eigenvalue weighted by Gasteiger charge is -2.18. The summed E-state index contributed by atoms with van der Waals surface area (Å²) in [6.07, 6.45) is 4.28. The molecule has 1 aromatic heterocycles. The van der Waals surface area contributed by atoms with Crippen molar-refractivity contribution in [3.8, 4) is 5.69 Å². The van der Waals surface area contributed by atoms with E-state index in [0.29, 0.717) is 17.7 Å². The Kier molecular flexibility index (Phi) is 4.01. The zero-order valence-electron chi connectivity index (χ0n) is 14.3. The maximum atomic E-state index is 12.9. The minimum Gasteiger partial charge on any atom is -0.465 e. The van der Waals surface area contributed by atoms with E-state index >= 15 is 0 Å². The highest BCUT2D eigenvalue weighted by atomic mass is 16.5. The second-order valence-corrected chi connectivity index (χ2v) is 6.04. The molecule has 0 spiro atoms. The third-order valence-corrected chi connectivity index (χ3v) is 4.52. The predicted octanol–water partition coefficient (Wildman–Crippen LogP) is 2.86. The zero-order valence-corrected chi connectivity index (χ0v) is 14.3. The second-order valence-electron chi connectivity index (χ2n) is 6.04. The minimum atomic E-state index is -0.369. The quantitative estimate of drug-likeness (QED) is 0.684. The van der Waals surface area contributed by atoms with Gasteiger partial charge in [0.15, 0.2) is 0 Å². The van der Waals surface area contributed by atoms with Gasteiger partial charge in [0, 0.05) is 30.2 Å². The second kappa shape index (κ2) is 6.48. The Hall–Kier alpha value is -3.41. The smallest absolute Gasteiger partial charge is 0.337 e. The first-order valence-electron chi connectivity index (χ1n) is 8.30. The molecule has 0 radical (unpaired) electrons. The largest absolute Gasteiger partial charge is 0.465 e. The summed E-state index contributed by atoms with van der Waals surface area (Å²) in [5.74, 6) is -0.423. The van der Waals surface area contributed by atoms with Gasteiger partial charge >= 0.3 is 5.97 Å². The molecule has 1 aliphatic heterocycles. The minimum absolute atomic E-state index is 0.0541. The fraction of sp³-hybridized carbons (Fsp3) is 0.150. The first-order valence-corrected chi connectivity index (χ1v) is 8.30. The van der Waals surface area contributed by atoms with Gasteiger partial charge in [-0.05, 0) is 60.5 Å². The summed E-state index contributed by atoms with van der Waals surface area (Å²) in [7, 11) is 1.36. The molecule has 2 aromatic carbocycles. The monoisotopic (exact) mass is 347 g/mol. The maximum absolute atomic E-state index is 12.9. The van der Waals surface area contributed by atoms with Crippen LogP contribution in [0.4, 0.5) is 5.69 Å². The molecule has 0 aliphatic carbocycles. The van der Waals surface area contributed by atoms with Crippen molar-refractivity contribution < 1.29 is 14.3 Å². The van der Waals surface area contributed by atoms with Crippen molar-refractivity contribution in [1.82, 2.24) is 9.78 Å². The van der Waals surface area contributed by atoms with E-state index in [1.807, 2.05) is 30.5 Å². The molecule has 0 bridgehead atoms. The van der Waals surface area contributed by atoms with Crippen LogP contribution in [0.5, 0.6) is 0 Å². The first kappa shape index (κ1) is 16.1. The normalized spacial score (nSPS) is 12.7. The zero-order chi connectivity index (χ0) is 18.1. The van der Waals surface area contributed by atoms with Crippen molar-refractivity contribution >= 4 is 17.6 Å². The van der Waals surface area contributed by atoms with Crippen LogP contribution in [-0.2, 0) is 11.2 Å². The van der Waals surface area contributed by atoms with Gasteiger partial charge in [-0.2, -0.15) is 5.10 Å². The molecule has 0 saturated carbocycles. The lowest BCUT2D eigenvalue weighted by molar-refractivity contribution is 0.0600. The van der Waals surface area contributed by atoms with Crippen molar-refractivity contribution in [3.63, 3.8) is 0 Å². The highest BCUT2D eigenvalue weighted by Gasteiger charge is 2.26. The SMILES string of the molecule is COC(=O)c1ccc2c(c1)CCN2C(=O)c1ccc(-n2cccn2)cc1. The molecule has 0 unspecified atom stereocenters. The van der Waals surface area contributed by atoms with E-state index in [9.17, 15) is 9.59 Å². The van der Waals surface area contributed by atoms with Gasteiger partial charge in [0.1, 0.15) is 0 Å². The summed E-state index contributed by atoms with van der Waals surface area (Å²) < 4.78 is 6.50. The number of aromatic nitrogens is 2. The number of esters is 1. The van der Waals surface area contributed by atoms with Crippen LogP contribution in [0.1, 0.15) is 26.3 Å². The van der Waals surface area contributed by atoms with Gasteiger partial charge in [0.05, 0.1) is 18.4 Å². The van der Waals surface area contributed by atoms with E-state index in [4.69, 9.17) is 4.74 Å². The van der Waals surface area contributed by atoms with Gasteiger partial charge in [0.2, 0.25) is 0 Å². The number of anilines is 1. The van der Waals surface area contributed by atoms with Crippen LogP contribution >= 0.6 is 0 Å². The molecule has 2 heterocycles. The molecule has 130 valence electrons. The summed E-state index contributed by atoms with van der Waals surface area (Å²) in [6.45, 7) is 0.597. The first-order chi connectivity index (χ1) is 12.7. The lowest BCUT2D eigenvalue weighted by Crippen LogP contribution is -2.28. The van der Waals surface area contributed by atoms with Crippen molar-refractivity contribution in [2.75, 3.05) is 18.6 Å². The molecular formula is C20H17N3O3. The van der Waals surface area contributed by atoms with Crippen LogP contribution in [0, 0.1) is 0 Å². The number of hydrogen-bond acceptors (Lipinski definition) is 4. The molecule has 0 fully saturated rings. The molecule has 0 N–H and O–H groups in total. The summed E-state index contributed by atoms with van der Waals surface area (Å²) >= 11 is 0. The molecule has 1 aliphatic rings. The van der Waals surface area contributed by atoms with E-state index in [2.05, 4.69) is 5.10 Å². The van der Waals surface area contributed by atoms with Gasteiger partial charge < -0.3 is 9.64 Å². The Morgan fingerprint density at radius 2 is 1.85 bits per heavy atom. The number of carbonyl (C=O) groups excluding carboxylic acids is 2. The Labute approximate surface area is 150 Å². The van der Waals surface area contributed by atoms with E-state index < -0.39 is 0 Å². The van der Waals surface area contributed by atoms with Gasteiger partial charge in [-0.1, -0.05) is 0 Å². The van der Waals surface area contributed by atoms with Crippen molar-refractivity contribution in [3.05, 3.63) is 77.6 Å². The predicted molar refractivity (Wildman–Crippen MR) is 96.7 cm³/mol. The molecule has 4 rings (SSSR count).